The molecule has 0 radical (unpaired) electrons. The summed E-state index contributed by atoms with van der Waals surface area (Å²) in [5.41, 5.74) is 6.18. The van der Waals surface area contributed by atoms with Crippen LogP contribution in [0, 0.1) is 11.8 Å². The molecule has 0 bridgehead atoms. The van der Waals surface area contributed by atoms with Crippen LogP contribution in [0.3, 0.4) is 0 Å². The zero-order valence-electron chi connectivity index (χ0n) is 11.4. The molecule has 17 heavy (non-hydrogen) atoms. The van der Waals surface area contributed by atoms with Crippen LogP contribution in [0.2, 0.25) is 0 Å². The van der Waals surface area contributed by atoms with Crippen molar-refractivity contribution < 1.29 is 4.74 Å². The highest BCUT2D eigenvalue weighted by Gasteiger charge is 2.28. The summed E-state index contributed by atoms with van der Waals surface area (Å²) in [4.78, 5) is 0. The van der Waals surface area contributed by atoms with E-state index in [9.17, 15) is 0 Å². The molecule has 2 heteroatoms. The van der Waals surface area contributed by atoms with Crippen LogP contribution in [-0.2, 0) is 4.74 Å². The first-order valence-corrected chi connectivity index (χ1v) is 7.66. The molecule has 0 aromatic rings. The Balaban J connectivity index is 1.65. The lowest BCUT2D eigenvalue weighted by Gasteiger charge is -2.34. The zero-order valence-corrected chi connectivity index (χ0v) is 11.4. The molecule has 100 valence electrons. The number of nitrogens with two attached hydrogens (primary N) is 1. The number of ether oxygens (including phenoxy) is 1. The summed E-state index contributed by atoms with van der Waals surface area (Å²) < 4.78 is 6.05. The van der Waals surface area contributed by atoms with Crippen molar-refractivity contribution in [1.29, 1.82) is 0 Å². The molecule has 3 unspecified atom stereocenters. The van der Waals surface area contributed by atoms with E-state index in [4.69, 9.17) is 10.5 Å². The van der Waals surface area contributed by atoms with E-state index in [1.54, 1.807) is 0 Å². The fourth-order valence-electron chi connectivity index (χ4n) is 3.26. The Labute approximate surface area is 106 Å². The molecular formula is C15H29NO. The van der Waals surface area contributed by atoms with Crippen LogP contribution in [0.15, 0.2) is 0 Å². The number of hydrogen-bond acceptors (Lipinski definition) is 2. The molecular weight excluding hydrogens is 210 g/mol. The topological polar surface area (TPSA) is 35.2 Å². The van der Waals surface area contributed by atoms with E-state index in [2.05, 4.69) is 6.92 Å². The van der Waals surface area contributed by atoms with Gasteiger partial charge >= 0.3 is 0 Å². The first kappa shape index (κ1) is 13.4. The SMILES string of the molecule is CCCC1CCC(N)C(OCCC2CCC2)C1. The van der Waals surface area contributed by atoms with E-state index in [0.29, 0.717) is 12.1 Å². The summed E-state index contributed by atoms with van der Waals surface area (Å²) in [6, 6.07) is 0.296. The van der Waals surface area contributed by atoms with E-state index < -0.39 is 0 Å². The largest absolute Gasteiger partial charge is 0.377 e. The third kappa shape index (κ3) is 3.96. The second-order valence-electron chi connectivity index (χ2n) is 6.13. The molecule has 2 N–H and O–H groups in total. The van der Waals surface area contributed by atoms with Gasteiger partial charge < -0.3 is 10.5 Å². The van der Waals surface area contributed by atoms with Gasteiger partial charge in [0, 0.05) is 12.6 Å². The van der Waals surface area contributed by atoms with Gasteiger partial charge in [-0.15, -0.1) is 0 Å². The molecule has 2 aliphatic carbocycles. The molecule has 2 aliphatic rings. The van der Waals surface area contributed by atoms with Crippen molar-refractivity contribution in [1.82, 2.24) is 0 Å². The van der Waals surface area contributed by atoms with Crippen LogP contribution in [0.4, 0.5) is 0 Å². The molecule has 3 atom stereocenters. The predicted molar refractivity (Wildman–Crippen MR) is 71.9 cm³/mol. The average Bonchev–Trinajstić information content (AvgIpc) is 2.26. The standard InChI is InChI=1S/C15H29NO/c1-2-4-13-7-8-14(16)15(11-13)17-10-9-12-5-3-6-12/h12-15H,2-11,16H2,1H3. The van der Waals surface area contributed by atoms with E-state index >= 15 is 0 Å². The third-order valence-electron chi connectivity index (χ3n) is 4.73. The first-order valence-electron chi connectivity index (χ1n) is 7.66. The highest BCUT2D eigenvalue weighted by molar-refractivity contribution is 4.83. The quantitative estimate of drug-likeness (QED) is 0.770. The summed E-state index contributed by atoms with van der Waals surface area (Å²) >= 11 is 0. The van der Waals surface area contributed by atoms with Gasteiger partial charge in [0.1, 0.15) is 0 Å². The molecule has 0 aromatic heterocycles. The maximum absolute atomic E-state index is 6.18. The van der Waals surface area contributed by atoms with Crippen LogP contribution in [-0.4, -0.2) is 18.8 Å². The Bertz CT molecular complexity index is 215. The van der Waals surface area contributed by atoms with E-state index in [1.807, 2.05) is 0 Å². The Morgan fingerprint density at radius 2 is 1.88 bits per heavy atom. The van der Waals surface area contributed by atoms with Gasteiger partial charge in [-0.2, -0.15) is 0 Å². The molecule has 0 aromatic carbocycles. The Kier molecular flexibility index (Phi) is 5.30. The van der Waals surface area contributed by atoms with Crippen LogP contribution in [0.5, 0.6) is 0 Å². The van der Waals surface area contributed by atoms with Crippen LogP contribution in [0.1, 0.15) is 64.7 Å². The lowest BCUT2D eigenvalue weighted by Crippen LogP contribution is -2.42. The molecule has 2 rings (SSSR count). The second-order valence-corrected chi connectivity index (χ2v) is 6.13. The van der Waals surface area contributed by atoms with Crippen molar-refractivity contribution in [3.8, 4) is 0 Å². The van der Waals surface area contributed by atoms with E-state index in [-0.39, 0.29) is 0 Å². The highest BCUT2D eigenvalue weighted by atomic mass is 16.5. The molecule has 0 spiro atoms. The van der Waals surface area contributed by atoms with Crippen LogP contribution >= 0.6 is 0 Å². The third-order valence-corrected chi connectivity index (χ3v) is 4.73. The van der Waals surface area contributed by atoms with Gasteiger partial charge in [0.25, 0.3) is 0 Å². The fraction of sp³-hybridized carbons (Fsp3) is 1.00. The minimum absolute atomic E-state index is 0.296. The Hall–Kier alpha value is -0.0800. The smallest absolute Gasteiger partial charge is 0.0728 e. The molecule has 0 heterocycles. The van der Waals surface area contributed by atoms with Crippen molar-refractivity contribution >= 4 is 0 Å². The molecule has 0 amide bonds. The summed E-state index contributed by atoms with van der Waals surface area (Å²) in [7, 11) is 0. The predicted octanol–water partition coefficient (Wildman–Crippen LogP) is 3.49. The number of rotatable bonds is 6. The minimum atomic E-state index is 0.296. The number of hydrogen-bond donors (Lipinski definition) is 1. The molecule has 2 saturated carbocycles. The van der Waals surface area contributed by atoms with Gasteiger partial charge in [-0.3, -0.25) is 0 Å². The van der Waals surface area contributed by atoms with Gasteiger partial charge in [-0.1, -0.05) is 39.0 Å². The minimum Gasteiger partial charge on any atom is -0.377 e. The lowest BCUT2D eigenvalue weighted by atomic mass is 9.81. The summed E-state index contributed by atoms with van der Waals surface area (Å²) in [5, 5.41) is 0. The highest BCUT2D eigenvalue weighted by Crippen LogP contribution is 2.31. The summed E-state index contributed by atoms with van der Waals surface area (Å²) in [5.74, 6) is 1.83. The van der Waals surface area contributed by atoms with E-state index in [1.165, 1.54) is 57.8 Å². The Morgan fingerprint density at radius 1 is 1.06 bits per heavy atom. The summed E-state index contributed by atoms with van der Waals surface area (Å²) in [6.07, 6.45) is 12.3. The fourth-order valence-corrected chi connectivity index (χ4v) is 3.26. The van der Waals surface area contributed by atoms with Gasteiger partial charge in [-0.25, -0.2) is 0 Å². The van der Waals surface area contributed by atoms with Gasteiger partial charge in [0.2, 0.25) is 0 Å². The monoisotopic (exact) mass is 239 g/mol. The van der Waals surface area contributed by atoms with Crippen molar-refractivity contribution in [3.63, 3.8) is 0 Å². The lowest BCUT2D eigenvalue weighted by molar-refractivity contribution is -0.0105. The molecule has 0 aliphatic heterocycles. The van der Waals surface area contributed by atoms with E-state index in [0.717, 1.165) is 18.4 Å². The van der Waals surface area contributed by atoms with Gasteiger partial charge in [-0.05, 0) is 37.5 Å². The second kappa shape index (κ2) is 6.75. The van der Waals surface area contributed by atoms with Crippen molar-refractivity contribution in [2.45, 2.75) is 76.9 Å². The van der Waals surface area contributed by atoms with Crippen molar-refractivity contribution in [2.75, 3.05) is 6.61 Å². The maximum Gasteiger partial charge on any atom is 0.0728 e. The van der Waals surface area contributed by atoms with Gasteiger partial charge in [0.05, 0.1) is 6.10 Å². The van der Waals surface area contributed by atoms with Crippen LogP contribution in [0.25, 0.3) is 0 Å². The van der Waals surface area contributed by atoms with Crippen molar-refractivity contribution in [2.24, 2.45) is 17.6 Å². The maximum atomic E-state index is 6.18. The Morgan fingerprint density at radius 3 is 2.53 bits per heavy atom. The normalized spacial score (nSPS) is 34.6. The van der Waals surface area contributed by atoms with Crippen LogP contribution < -0.4 is 5.73 Å². The van der Waals surface area contributed by atoms with Gasteiger partial charge in [0.15, 0.2) is 0 Å². The summed E-state index contributed by atoms with van der Waals surface area (Å²) in [6.45, 7) is 3.23. The molecule has 0 saturated heterocycles. The first-order chi connectivity index (χ1) is 8.29. The molecule has 2 nitrogen and oxygen atoms in total. The molecule has 2 fully saturated rings. The van der Waals surface area contributed by atoms with Crippen molar-refractivity contribution in [3.05, 3.63) is 0 Å². The average molecular weight is 239 g/mol. The zero-order chi connectivity index (χ0) is 12.1.